The molecule has 148 valence electrons. The Morgan fingerprint density at radius 1 is 1.37 bits per heavy atom. The second-order valence-corrected chi connectivity index (χ2v) is 7.52. The van der Waals surface area contributed by atoms with Crippen molar-refractivity contribution in [3.63, 3.8) is 0 Å². The monoisotopic (exact) mass is 439 g/mol. The largest absolute Gasteiger partial charge is 0.493 e. The molecule has 1 aromatic rings. The third kappa shape index (κ3) is 4.24. The number of benzene rings is 1. The van der Waals surface area contributed by atoms with Gasteiger partial charge in [-0.05, 0) is 71.3 Å². The fraction of sp³-hybridized carbons (Fsp3) is 0.550. The van der Waals surface area contributed by atoms with E-state index in [0.29, 0.717) is 31.2 Å². The molecular formula is C20H26BrNO5. The predicted octanol–water partition coefficient (Wildman–Crippen LogP) is 4.04. The van der Waals surface area contributed by atoms with Gasteiger partial charge in [0, 0.05) is 13.1 Å². The molecule has 2 aliphatic rings. The first-order valence-electron chi connectivity index (χ1n) is 9.34. The fourth-order valence-electron chi connectivity index (χ4n) is 3.76. The molecular weight excluding hydrogens is 414 g/mol. The Balaban J connectivity index is 1.83. The lowest BCUT2D eigenvalue weighted by atomic mass is 9.85. The first-order chi connectivity index (χ1) is 13.1. The number of aliphatic hydroxyl groups excluding tert-OH is 1. The van der Waals surface area contributed by atoms with E-state index in [9.17, 15) is 9.90 Å². The molecule has 3 rings (SSSR count). The van der Waals surface area contributed by atoms with Crippen LogP contribution in [0.3, 0.4) is 0 Å². The van der Waals surface area contributed by atoms with Gasteiger partial charge in [0.05, 0.1) is 24.8 Å². The van der Waals surface area contributed by atoms with Crippen molar-refractivity contribution in [1.82, 2.24) is 4.90 Å². The molecule has 1 aliphatic carbocycles. The third-order valence-corrected chi connectivity index (χ3v) is 6.01. The lowest BCUT2D eigenvalue weighted by Crippen LogP contribution is -2.41. The van der Waals surface area contributed by atoms with Gasteiger partial charge < -0.3 is 24.2 Å². The first kappa shape index (κ1) is 20.0. The zero-order valence-corrected chi connectivity index (χ0v) is 17.4. The summed E-state index contributed by atoms with van der Waals surface area (Å²) in [5.74, 6) is 1.26. The molecule has 6 nitrogen and oxygen atoms in total. The highest BCUT2D eigenvalue weighted by Crippen LogP contribution is 2.42. The van der Waals surface area contributed by atoms with Crippen LogP contribution in [0.1, 0.15) is 38.2 Å². The van der Waals surface area contributed by atoms with Crippen LogP contribution in [0.5, 0.6) is 11.5 Å². The molecule has 0 fully saturated rings. The van der Waals surface area contributed by atoms with Crippen LogP contribution in [0, 0.1) is 0 Å². The Morgan fingerprint density at radius 3 is 2.89 bits per heavy atom. The quantitative estimate of drug-likeness (QED) is 0.701. The number of hydrogen-bond donors (Lipinski definition) is 1. The lowest BCUT2D eigenvalue weighted by Gasteiger charge is -2.37. The number of halogens is 1. The average Bonchev–Trinajstić information content (AvgIpc) is 2.69. The first-order valence-corrected chi connectivity index (χ1v) is 10.1. The molecule has 0 bridgehead atoms. The van der Waals surface area contributed by atoms with Gasteiger partial charge in [0.2, 0.25) is 0 Å². The van der Waals surface area contributed by atoms with Gasteiger partial charge in [-0.25, -0.2) is 4.79 Å². The van der Waals surface area contributed by atoms with Gasteiger partial charge in [-0.1, -0.05) is 6.07 Å². The van der Waals surface area contributed by atoms with Crippen molar-refractivity contribution in [3.05, 3.63) is 33.3 Å². The van der Waals surface area contributed by atoms with Gasteiger partial charge in [0.1, 0.15) is 6.10 Å². The van der Waals surface area contributed by atoms with E-state index >= 15 is 0 Å². The summed E-state index contributed by atoms with van der Waals surface area (Å²) in [6.45, 7) is 3.40. The van der Waals surface area contributed by atoms with E-state index in [1.807, 2.05) is 19.1 Å². The molecule has 27 heavy (non-hydrogen) atoms. The maximum absolute atomic E-state index is 12.0. The Kier molecular flexibility index (Phi) is 6.65. The van der Waals surface area contributed by atoms with Crippen LogP contribution >= 0.6 is 15.9 Å². The fourth-order valence-corrected chi connectivity index (χ4v) is 4.31. The van der Waals surface area contributed by atoms with Crippen LogP contribution in [0.25, 0.3) is 0 Å². The summed E-state index contributed by atoms with van der Waals surface area (Å²) in [7, 11) is 1.61. The topological polar surface area (TPSA) is 68.2 Å². The number of carbonyl (C=O) groups is 1. The van der Waals surface area contributed by atoms with Crippen molar-refractivity contribution in [2.75, 3.05) is 26.8 Å². The van der Waals surface area contributed by atoms with Crippen molar-refractivity contribution in [3.8, 4) is 11.5 Å². The number of hydrogen-bond acceptors (Lipinski definition) is 5. The molecule has 1 aromatic carbocycles. The summed E-state index contributed by atoms with van der Waals surface area (Å²) in [5, 5.41) is 9.54. The maximum atomic E-state index is 12.0. The zero-order valence-electron chi connectivity index (χ0n) is 15.8. The van der Waals surface area contributed by atoms with Gasteiger partial charge in [0.25, 0.3) is 0 Å². The van der Waals surface area contributed by atoms with E-state index in [1.54, 1.807) is 12.0 Å². The number of aliphatic hydroxyl groups is 1. The van der Waals surface area contributed by atoms with Crippen LogP contribution in [-0.4, -0.2) is 49.0 Å². The molecule has 1 N–H and O–H groups in total. The van der Waals surface area contributed by atoms with Gasteiger partial charge in [-0.15, -0.1) is 0 Å². The van der Waals surface area contributed by atoms with Crippen molar-refractivity contribution in [2.24, 2.45) is 0 Å². The standard InChI is InChI=1S/C20H26BrNO5/c1-3-26-20(24)22-10-9-15-13(11-22)5-4-6-16(15)27-19-17(25-2)8-7-14(12-23)18(19)21/h7-8,16,23H,3-6,9-12H2,1-2H3. The Labute approximate surface area is 168 Å². The van der Waals surface area contributed by atoms with E-state index in [4.69, 9.17) is 14.2 Å². The molecule has 1 unspecified atom stereocenters. The molecule has 0 spiro atoms. The maximum Gasteiger partial charge on any atom is 0.410 e. The van der Waals surface area contributed by atoms with Gasteiger partial charge in [-0.2, -0.15) is 0 Å². The second kappa shape index (κ2) is 8.97. The molecule has 1 amide bonds. The second-order valence-electron chi connectivity index (χ2n) is 6.73. The summed E-state index contributed by atoms with van der Waals surface area (Å²) in [6.07, 6.45) is 3.43. The summed E-state index contributed by atoms with van der Waals surface area (Å²) in [6, 6.07) is 3.63. The summed E-state index contributed by atoms with van der Waals surface area (Å²) >= 11 is 3.54. The number of ether oxygens (including phenoxy) is 3. The summed E-state index contributed by atoms with van der Waals surface area (Å²) in [4.78, 5) is 13.8. The average molecular weight is 440 g/mol. The van der Waals surface area contributed by atoms with E-state index < -0.39 is 0 Å². The predicted molar refractivity (Wildman–Crippen MR) is 105 cm³/mol. The molecule has 1 atom stereocenters. The van der Waals surface area contributed by atoms with Crippen LogP contribution < -0.4 is 9.47 Å². The van der Waals surface area contributed by atoms with Gasteiger partial charge >= 0.3 is 6.09 Å². The van der Waals surface area contributed by atoms with Crippen molar-refractivity contribution >= 4 is 22.0 Å². The Bertz CT molecular complexity index is 733. The van der Waals surface area contributed by atoms with Crippen LogP contribution in [-0.2, 0) is 11.3 Å². The molecule has 7 heteroatoms. The zero-order chi connectivity index (χ0) is 19.4. The van der Waals surface area contributed by atoms with E-state index in [0.717, 1.165) is 35.7 Å². The number of amides is 1. The Morgan fingerprint density at radius 2 is 2.19 bits per heavy atom. The van der Waals surface area contributed by atoms with Gasteiger partial charge in [0.15, 0.2) is 11.5 Å². The lowest BCUT2D eigenvalue weighted by molar-refractivity contribution is 0.104. The Hall–Kier alpha value is -1.73. The number of methoxy groups -OCH3 is 1. The number of rotatable bonds is 5. The molecule has 0 radical (unpaired) electrons. The van der Waals surface area contributed by atoms with Crippen molar-refractivity contribution < 1.29 is 24.1 Å². The van der Waals surface area contributed by atoms with Gasteiger partial charge in [-0.3, -0.25) is 0 Å². The molecule has 0 saturated carbocycles. The summed E-state index contributed by atoms with van der Waals surface area (Å²) in [5.41, 5.74) is 3.32. The van der Waals surface area contributed by atoms with Crippen LogP contribution in [0.2, 0.25) is 0 Å². The number of nitrogens with zero attached hydrogens (tertiary/aromatic N) is 1. The minimum atomic E-state index is -0.243. The number of carbonyl (C=O) groups excluding carboxylic acids is 1. The smallest absolute Gasteiger partial charge is 0.410 e. The third-order valence-electron chi connectivity index (χ3n) is 5.14. The molecule has 1 heterocycles. The van der Waals surface area contributed by atoms with E-state index in [1.165, 1.54) is 11.1 Å². The SMILES string of the molecule is CCOC(=O)N1CCC2=C(CCCC2Oc2c(OC)ccc(CO)c2Br)C1. The van der Waals surface area contributed by atoms with E-state index in [2.05, 4.69) is 15.9 Å². The highest BCUT2D eigenvalue weighted by Gasteiger charge is 2.32. The highest BCUT2D eigenvalue weighted by molar-refractivity contribution is 9.10. The minimum Gasteiger partial charge on any atom is -0.493 e. The normalized spacial score (nSPS) is 19.6. The van der Waals surface area contributed by atoms with E-state index in [-0.39, 0.29) is 18.8 Å². The minimum absolute atomic E-state index is 0.0442. The van der Waals surface area contributed by atoms with Crippen molar-refractivity contribution in [2.45, 2.75) is 45.3 Å². The highest BCUT2D eigenvalue weighted by atomic mass is 79.9. The van der Waals surface area contributed by atoms with Crippen molar-refractivity contribution in [1.29, 1.82) is 0 Å². The van der Waals surface area contributed by atoms with Crippen LogP contribution in [0.15, 0.2) is 27.8 Å². The molecule has 0 saturated heterocycles. The van der Waals surface area contributed by atoms with Crippen LogP contribution in [0.4, 0.5) is 4.79 Å². The molecule has 1 aliphatic heterocycles. The molecule has 0 aromatic heterocycles. The summed E-state index contributed by atoms with van der Waals surface area (Å²) < 4.78 is 17.7.